The van der Waals surface area contributed by atoms with Crippen LogP contribution in [0.2, 0.25) is 10.0 Å². The molecule has 170 valence electrons. The van der Waals surface area contributed by atoms with Crippen molar-refractivity contribution in [1.82, 2.24) is 0 Å². The minimum Gasteiger partial charge on any atom is -0.466 e. The number of unbranched alkanes of at least 4 members (excludes halogenated alkanes) is 10. The van der Waals surface area contributed by atoms with Gasteiger partial charge in [0.15, 0.2) is 0 Å². The zero-order valence-corrected chi connectivity index (χ0v) is 19.7. The molecule has 0 aliphatic heterocycles. The van der Waals surface area contributed by atoms with Crippen LogP contribution < -0.4 is 4.74 Å². The van der Waals surface area contributed by atoms with Gasteiger partial charge in [0.05, 0.1) is 16.7 Å². The van der Waals surface area contributed by atoms with Crippen LogP contribution in [0.1, 0.15) is 96.8 Å². The summed E-state index contributed by atoms with van der Waals surface area (Å²) in [7, 11) is 0. The van der Waals surface area contributed by atoms with E-state index in [0.29, 0.717) is 41.7 Å². The van der Waals surface area contributed by atoms with Gasteiger partial charge in [-0.15, -0.1) is 0 Å². The van der Waals surface area contributed by atoms with Crippen molar-refractivity contribution in [1.29, 1.82) is 0 Å². The normalized spacial score (nSPS) is 10.8. The molecular formula is C24H36Cl2O4. The molecule has 0 heterocycles. The monoisotopic (exact) mass is 458 g/mol. The van der Waals surface area contributed by atoms with Gasteiger partial charge in [-0.2, -0.15) is 0 Å². The molecule has 0 spiro atoms. The number of hydrogen-bond acceptors (Lipinski definition) is 4. The van der Waals surface area contributed by atoms with Crippen molar-refractivity contribution in [3.63, 3.8) is 0 Å². The third-order valence-corrected chi connectivity index (χ3v) is 5.63. The first-order valence-electron chi connectivity index (χ1n) is 11.3. The Hall–Kier alpha value is -1.26. The van der Waals surface area contributed by atoms with Gasteiger partial charge < -0.3 is 9.47 Å². The molecular weight excluding hydrogens is 423 g/mol. The average molecular weight is 459 g/mol. The largest absolute Gasteiger partial charge is 0.466 e. The van der Waals surface area contributed by atoms with Crippen molar-refractivity contribution >= 4 is 35.1 Å². The topological polar surface area (TPSA) is 52.6 Å². The molecule has 30 heavy (non-hydrogen) atoms. The van der Waals surface area contributed by atoms with E-state index in [1.807, 2.05) is 0 Å². The quantitative estimate of drug-likeness (QED) is 0.135. The van der Waals surface area contributed by atoms with E-state index in [4.69, 9.17) is 32.7 Å². The molecule has 0 saturated carbocycles. The number of carbonyl (C=O) groups excluding carboxylic acids is 2. The molecule has 1 rings (SSSR count). The van der Waals surface area contributed by atoms with Gasteiger partial charge in [0.2, 0.25) is 0 Å². The summed E-state index contributed by atoms with van der Waals surface area (Å²) in [5, 5.41) is 0.768. The van der Waals surface area contributed by atoms with Gasteiger partial charge >= 0.3 is 11.9 Å². The van der Waals surface area contributed by atoms with Crippen molar-refractivity contribution in [3.8, 4) is 5.75 Å². The van der Waals surface area contributed by atoms with Gasteiger partial charge in [0, 0.05) is 18.9 Å². The van der Waals surface area contributed by atoms with Gasteiger partial charge in [0.1, 0.15) is 5.75 Å². The standard InChI is InChI=1S/C24H36Cl2O4/c1-2-3-4-5-6-7-8-9-13-18-29-23(27)14-11-10-12-15-24(28)30-20-16-17-21(25)22(26)19-20/h16-17,19H,2-15,18H2,1H3. The molecule has 0 atom stereocenters. The fourth-order valence-corrected chi connectivity index (χ4v) is 3.40. The summed E-state index contributed by atoms with van der Waals surface area (Å²) in [6.45, 7) is 2.75. The van der Waals surface area contributed by atoms with E-state index in [0.717, 1.165) is 25.7 Å². The van der Waals surface area contributed by atoms with E-state index < -0.39 is 0 Å². The Balaban J connectivity index is 1.93. The predicted molar refractivity (Wildman–Crippen MR) is 123 cm³/mol. The zero-order chi connectivity index (χ0) is 22.0. The second kappa shape index (κ2) is 17.4. The molecule has 0 amide bonds. The highest BCUT2D eigenvalue weighted by molar-refractivity contribution is 6.42. The molecule has 0 saturated heterocycles. The van der Waals surface area contributed by atoms with Gasteiger partial charge in [-0.25, -0.2) is 0 Å². The molecule has 1 aromatic carbocycles. The van der Waals surface area contributed by atoms with E-state index in [1.54, 1.807) is 12.1 Å². The third kappa shape index (κ3) is 13.9. The molecule has 0 N–H and O–H groups in total. The summed E-state index contributed by atoms with van der Waals surface area (Å²) in [5.74, 6) is -0.0799. The number of halogens is 2. The Morgan fingerprint density at radius 2 is 1.30 bits per heavy atom. The predicted octanol–water partition coefficient (Wildman–Crippen LogP) is 7.92. The van der Waals surface area contributed by atoms with Crippen LogP contribution in [0.15, 0.2) is 18.2 Å². The summed E-state index contributed by atoms with van der Waals surface area (Å²) in [5.41, 5.74) is 0. The fraction of sp³-hybridized carbons (Fsp3) is 0.667. The van der Waals surface area contributed by atoms with Gasteiger partial charge in [-0.05, 0) is 31.4 Å². The lowest BCUT2D eigenvalue weighted by Gasteiger charge is -2.06. The van der Waals surface area contributed by atoms with Crippen LogP contribution in [0.5, 0.6) is 5.75 Å². The van der Waals surface area contributed by atoms with Crippen LogP contribution >= 0.6 is 23.2 Å². The van der Waals surface area contributed by atoms with Crippen LogP contribution in [0.25, 0.3) is 0 Å². The molecule has 0 radical (unpaired) electrons. The van der Waals surface area contributed by atoms with Crippen molar-refractivity contribution < 1.29 is 19.1 Å². The molecule has 0 unspecified atom stereocenters. The summed E-state index contributed by atoms with van der Waals surface area (Å²) >= 11 is 11.7. The number of esters is 2. The summed E-state index contributed by atoms with van der Waals surface area (Å²) in [6, 6.07) is 4.72. The molecule has 4 nitrogen and oxygen atoms in total. The Bertz CT molecular complexity index is 619. The highest BCUT2D eigenvalue weighted by Crippen LogP contribution is 2.26. The average Bonchev–Trinajstić information content (AvgIpc) is 2.72. The van der Waals surface area contributed by atoms with Crippen molar-refractivity contribution in [2.24, 2.45) is 0 Å². The maximum atomic E-state index is 11.8. The Morgan fingerprint density at radius 1 is 0.733 bits per heavy atom. The first-order valence-corrected chi connectivity index (χ1v) is 12.1. The van der Waals surface area contributed by atoms with Crippen LogP contribution in [-0.4, -0.2) is 18.5 Å². The van der Waals surface area contributed by atoms with Crippen LogP contribution in [0.4, 0.5) is 0 Å². The highest BCUT2D eigenvalue weighted by atomic mass is 35.5. The van der Waals surface area contributed by atoms with Gasteiger partial charge in [-0.3, -0.25) is 9.59 Å². The molecule has 1 aromatic rings. The zero-order valence-electron chi connectivity index (χ0n) is 18.2. The van der Waals surface area contributed by atoms with E-state index in [1.165, 1.54) is 51.0 Å². The smallest absolute Gasteiger partial charge is 0.311 e. The molecule has 0 bridgehead atoms. The number of ether oxygens (including phenoxy) is 2. The lowest BCUT2D eigenvalue weighted by molar-refractivity contribution is -0.143. The molecule has 0 aliphatic rings. The first-order chi connectivity index (χ1) is 14.5. The van der Waals surface area contributed by atoms with E-state index in [2.05, 4.69) is 6.92 Å². The van der Waals surface area contributed by atoms with Crippen LogP contribution in [-0.2, 0) is 14.3 Å². The SMILES string of the molecule is CCCCCCCCCCCOC(=O)CCCCCC(=O)Oc1ccc(Cl)c(Cl)c1. The number of carbonyl (C=O) groups is 2. The minimum atomic E-state index is -0.318. The number of benzene rings is 1. The molecule has 0 aliphatic carbocycles. The maximum absolute atomic E-state index is 11.8. The van der Waals surface area contributed by atoms with Crippen molar-refractivity contribution in [3.05, 3.63) is 28.2 Å². The summed E-state index contributed by atoms with van der Waals surface area (Å²) < 4.78 is 10.5. The molecule has 6 heteroatoms. The van der Waals surface area contributed by atoms with Gasteiger partial charge in [-0.1, -0.05) is 87.9 Å². The van der Waals surface area contributed by atoms with Gasteiger partial charge in [0.25, 0.3) is 0 Å². The Labute approximate surface area is 191 Å². The van der Waals surface area contributed by atoms with E-state index >= 15 is 0 Å². The highest BCUT2D eigenvalue weighted by Gasteiger charge is 2.08. The maximum Gasteiger partial charge on any atom is 0.311 e. The minimum absolute atomic E-state index is 0.145. The number of rotatable bonds is 17. The summed E-state index contributed by atoms with van der Waals surface area (Å²) in [4.78, 5) is 23.6. The Morgan fingerprint density at radius 3 is 1.93 bits per heavy atom. The van der Waals surface area contributed by atoms with Crippen LogP contribution in [0, 0.1) is 0 Å². The van der Waals surface area contributed by atoms with Crippen LogP contribution in [0.3, 0.4) is 0 Å². The van der Waals surface area contributed by atoms with Crippen molar-refractivity contribution in [2.45, 2.75) is 96.8 Å². The fourth-order valence-electron chi connectivity index (χ4n) is 3.11. The lowest BCUT2D eigenvalue weighted by Crippen LogP contribution is -2.08. The van der Waals surface area contributed by atoms with Crippen molar-refractivity contribution in [2.75, 3.05) is 6.61 Å². The third-order valence-electron chi connectivity index (χ3n) is 4.90. The first kappa shape index (κ1) is 26.8. The van der Waals surface area contributed by atoms with E-state index in [9.17, 15) is 9.59 Å². The van der Waals surface area contributed by atoms with E-state index in [-0.39, 0.29) is 11.9 Å². The second-order valence-electron chi connectivity index (χ2n) is 7.66. The number of hydrogen-bond donors (Lipinski definition) is 0. The summed E-state index contributed by atoms with van der Waals surface area (Å²) in [6.07, 6.45) is 14.1. The lowest BCUT2D eigenvalue weighted by atomic mass is 10.1. The Kier molecular flexibility index (Phi) is 15.6. The molecule has 0 fully saturated rings. The molecule has 0 aromatic heterocycles. The second-order valence-corrected chi connectivity index (χ2v) is 8.47.